The summed E-state index contributed by atoms with van der Waals surface area (Å²) in [6.07, 6.45) is 9.81. The van der Waals surface area contributed by atoms with Crippen molar-refractivity contribution in [2.45, 2.75) is 51.0 Å². The molecule has 2 fully saturated rings. The molecule has 1 aliphatic heterocycles. The molecule has 2 rings (SSSR count). The van der Waals surface area contributed by atoms with Gasteiger partial charge < -0.3 is 5.73 Å². The normalized spacial score (nSPS) is 27.2. The molecule has 1 saturated carbocycles. The highest BCUT2D eigenvalue weighted by atomic mass is 32.2. The van der Waals surface area contributed by atoms with Crippen molar-refractivity contribution in [1.29, 1.82) is 0 Å². The van der Waals surface area contributed by atoms with Crippen LogP contribution in [-0.2, 0) is 0 Å². The second-order valence-electron chi connectivity index (χ2n) is 5.08. The topological polar surface area (TPSA) is 26.0 Å². The lowest BCUT2D eigenvalue weighted by molar-refractivity contribution is 0.257. The highest BCUT2D eigenvalue weighted by Crippen LogP contribution is 2.33. The SMILES string of the molecule is NC(CC1CCC1)CC1CCSCC1. The van der Waals surface area contributed by atoms with Gasteiger partial charge in [0, 0.05) is 6.04 Å². The van der Waals surface area contributed by atoms with Crippen molar-refractivity contribution in [3.63, 3.8) is 0 Å². The summed E-state index contributed by atoms with van der Waals surface area (Å²) in [5.41, 5.74) is 6.21. The number of rotatable bonds is 4. The zero-order valence-electron chi connectivity index (χ0n) is 9.08. The number of thioether (sulfide) groups is 1. The van der Waals surface area contributed by atoms with Gasteiger partial charge in [-0.3, -0.25) is 0 Å². The first kappa shape index (κ1) is 10.8. The molecule has 2 aliphatic rings. The van der Waals surface area contributed by atoms with Crippen LogP contribution in [0.1, 0.15) is 44.9 Å². The third-order valence-corrected chi connectivity index (χ3v) is 4.89. The minimum atomic E-state index is 0.508. The summed E-state index contributed by atoms with van der Waals surface area (Å²) in [6.45, 7) is 0. The van der Waals surface area contributed by atoms with Crippen molar-refractivity contribution in [2.24, 2.45) is 17.6 Å². The van der Waals surface area contributed by atoms with E-state index in [1.807, 2.05) is 0 Å². The van der Waals surface area contributed by atoms with E-state index < -0.39 is 0 Å². The highest BCUT2D eigenvalue weighted by molar-refractivity contribution is 7.99. The Morgan fingerprint density at radius 1 is 1.00 bits per heavy atom. The number of hydrogen-bond acceptors (Lipinski definition) is 2. The summed E-state index contributed by atoms with van der Waals surface area (Å²) in [7, 11) is 0. The van der Waals surface area contributed by atoms with E-state index in [1.165, 1.54) is 56.5 Å². The Morgan fingerprint density at radius 3 is 2.07 bits per heavy atom. The molecule has 0 aromatic rings. The smallest absolute Gasteiger partial charge is 0.00441 e. The largest absolute Gasteiger partial charge is 0.328 e. The summed E-state index contributed by atoms with van der Waals surface area (Å²) >= 11 is 2.11. The summed E-state index contributed by atoms with van der Waals surface area (Å²) in [4.78, 5) is 0. The van der Waals surface area contributed by atoms with Gasteiger partial charge >= 0.3 is 0 Å². The van der Waals surface area contributed by atoms with E-state index in [2.05, 4.69) is 11.8 Å². The van der Waals surface area contributed by atoms with Crippen molar-refractivity contribution in [3.8, 4) is 0 Å². The van der Waals surface area contributed by atoms with E-state index in [-0.39, 0.29) is 0 Å². The Labute approximate surface area is 92.2 Å². The molecule has 2 N–H and O–H groups in total. The first-order valence-corrected chi connectivity index (χ1v) is 7.33. The Balaban J connectivity index is 1.62. The molecular weight excluding hydrogens is 190 g/mol. The zero-order valence-corrected chi connectivity index (χ0v) is 9.90. The Bertz CT molecular complexity index is 162. The van der Waals surface area contributed by atoms with Crippen LogP contribution < -0.4 is 5.73 Å². The molecule has 0 aromatic heterocycles. The van der Waals surface area contributed by atoms with Crippen molar-refractivity contribution < 1.29 is 0 Å². The number of hydrogen-bond donors (Lipinski definition) is 1. The fraction of sp³-hybridized carbons (Fsp3) is 1.00. The lowest BCUT2D eigenvalue weighted by Crippen LogP contribution is -2.29. The molecule has 0 radical (unpaired) electrons. The molecule has 14 heavy (non-hydrogen) atoms. The summed E-state index contributed by atoms with van der Waals surface area (Å²) < 4.78 is 0. The van der Waals surface area contributed by atoms with Crippen LogP contribution >= 0.6 is 11.8 Å². The second kappa shape index (κ2) is 5.41. The fourth-order valence-corrected chi connectivity index (χ4v) is 3.87. The standard InChI is InChI=1S/C12H23NS/c13-12(8-10-2-1-3-10)9-11-4-6-14-7-5-11/h10-12H,1-9,13H2. The maximum atomic E-state index is 6.21. The van der Waals surface area contributed by atoms with Gasteiger partial charge in [-0.15, -0.1) is 0 Å². The lowest BCUT2D eigenvalue weighted by Gasteiger charge is -2.30. The first-order valence-electron chi connectivity index (χ1n) is 6.18. The molecule has 1 unspecified atom stereocenters. The van der Waals surface area contributed by atoms with Gasteiger partial charge in [-0.1, -0.05) is 19.3 Å². The van der Waals surface area contributed by atoms with Crippen LogP contribution in [0.3, 0.4) is 0 Å². The molecule has 0 spiro atoms. The summed E-state index contributed by atoms with van der Waals surface area (Å²) in [6, 6.07) is 0.508. The van der Waals surface area contributed by atoms with Crippen LogP contribution in [-0.4, -0.2) is 17.5 Å². The third-order valence-electron chi connectivity index (χ3n) is 3.84. The molecule has 1 nitrogen and oxygen atoms in total. The van der Waals surface area contributed by atoms with Crippen molar-refractivity contribution in [2.75, 3.05) is 11.5 Å². The monoisotopic (exact) mass is 213 g/mol. The van der Waals surface area contributed by atoms with Gasteiger partial charge in [-0.05, 0) is 49.0 Å². The average Bonchev–Trinajstić information content (AvgIpc) is 2.13. The molecule has 1 heterocycles. The molecular formula is C12H23NS. The molecule has 1 saturated heterocycles. The van der Waals surface area contributed by atoms with Gasteiger partial charge in [0.05, 0.1) is 0 Å². The third kappa shape index (κ3) is 3.16. The average molecular weight is 213 g/mol. The lowest BCUT2D eigenvalue weighted by atomic mass is 9.79. The molecule has 2 heteroatoms. The summed E-state index contributed by atoms with van der Waals surface area (Å²) in [5.74, 6) is 4.69. The maximum Gasteiger partial charge on any atom is 0.00441 e. The van der Waals surface area contributed by atoms with E-state index in [4.69, 9.17) is 5.73 Å². The molecule has 0 amide bonds. The quantitative estimate of drug-likeness (QED) is 0.777. The van der Waals surface area contributed by atoms with Crippen molar-refractivity contribution in [3.05, 3.63) is 0 Å². The van der Waals surface area contributed by atoms with Gasteiger partial charge in [0.2, 0.25) is 0 Å². The predicted octanol–water partition coefficient (Wildman–Crippen LogP) is 3.04. The molecule has 0 bridgehead atoms. The second-order valence-corrected chi connectivity index (χ2v) is 6.31. The predicted molar refractivity (Wildman–Crippen MR) is 64.6 cm³/mol. The van der Waals surface area contributed by atoms with Gasteiger partial charge in [0.25, 0.3) is 0 Å². The Hall–Kier alpha value is 0.310. The van der Waals surface area contributed by atoms with Gasteiger partial charge in [0.15, 0.2) is 0 Å². The molecule has 0 aromatic carbocycles. The van der Waals surface area contributed by atoms with E-state index in [1.54, 1.807) is 0 Å². The van der Waals surface area contributed by atoms with Crippen LogP contribution in [0.4, 0.5) is 0 Å². The van der Waals surface area contributed by atoms with Crippen LogP contribution in [0.2, 0.25) is 0 Å². The molecule has 1 atom stereocenters. The number of nitrogens with two attached hydrogens (primary N) is 1. The fourth-order valence-electron chi connectivity index (χ4n) is 2.66. The Kier molecular flexibility index (Phi) is 4.18. The molecule has 1 aliphatic carbocycles. The van der Waals surface area contributed by atoms with Gasteiger partial charge in [0.1, 0.15) is 0 Å². The minimum Gasteiger partial charge on any atom is -0.328 e. The van der Waals surface area contributed by atoms with E-state index in [0.29, 0.717) is 6.04 Å². The van der Waals surface area contributed by atoms with E-state index in [9.17, 15) is 0 Å². The first-order chi connectivity index (χ1) is 6.84. The van der Waals surface area contributed by atoms with Crippen LogP contribution in [0.5, 0.6) is 0 Å². The Morgan fingerprint density at radius 2 is 1.57 bits per heavy atom. The maximum absolute atomic E-state index is 6.21. The summed E-state index contributed by atoms with van der Waals surface area (Å²) in [5, 5.41) is 0. The zero-order chi connectivity index (χ0) is 9.80. The van der Waals surface area contributed by atoms with Crippen LogP contribution in [0.25, 0.3) is 0 Å². The van der Waals surface area contributed by atoms with Gasteiger partial charge in [-0.2, -0.15) is 11.8 Å². The minimum absolute atomic E-state index is 0.508. The van der Waals surface area contributed by atoms with E-state index in [0.717, 1.165) is 11.8 Å². The van der Waals surface area contributed by atoms with Gasteiger partial charge in [-0.25, -0.2) is 0 Å². The van der Waals surface area contributed by atoms with Crippen LogP contribution in [0, 0.1) is 11.8 Å². The van der Waals surface area contributed by atoms with E-state index >= 15 is 0 Å². The molecule has 82 valence electrons. The van der Waals surface area contributed by atoms with Crippen LogP contribution in [0.15, 0.2) is 0 Å². The van der Waals surface area contributed by atoms with Crippen molar-refractivity contribution >= 4 is 11.8 Å². The highest BCUT2D eigenvalue weighted by Gasteiger charge is 2.22. The van der Waals surface area contributed by atoms with Crippen molar-refractivity contribution in [1.82, 2.24) is 0 Å².